The van der Waals surface area contributed by atoms with Crippen molar-refractivity contribution in [1.29, 1.82) is 0 Å². The first-order valence-electron chi connectivity index (χ1n) is 9.94. The number of benzene rings is 1. The van der Waals surface area contributed by atoms with Crippen molar-refractivity contribution >= 4 is 16.4 Å². The van der Waals surface area contributed by atoms with Gasteiger partial charge in [0.1, 0.15) is 5.75 Å². The largest absolute Gasteiger partial charge is 0.507 e. The molecule has 0 spiro atoms. The summed E-state index contributed by atoms with van der Waals surface area (Å²) >= 11 is 0. The minimum absolute atomic E-state index is 0.00727. The summed E-state index contributed by atoms with van der Waals surface area (Å²) in [6.07, 6.45) is 5.56. The van der Waals surface area contributed by atoms with E-state index in [0.29, 0.717) is 5.39 Å². The summed E-state index contributed by atoms with van der Waals surface area (Å²) in [7, 11) is 0. The molecule has 0 bridgehead atoms. The Balaban J connectivity index is 1.64. The fourth-order valence-corrected chi connectivity index (χ4v) is 4.28. The van der Waals surface area contributed by atoms with Gasteiger partial charge in [-0.3, -0.25) is 4.79 Å². The van der Waals surface area contributed by atoms with E-state index in [9.17, 15) is 9.90 Å². The number of nitrogens with one attached hydrogen (secondary N) is 1. The van der Waals surface area contributed by atoms with Crippen molar-refractivity contribution in [2.45, 2.75) is 32.7 Å². The lowest BCUT2D eigenvalue weighted by atomic mass is 10.0. The molecule has 0 saturated carbocycles. The van der Waals surface area contributed by atoms with Crippen LogP contribution in [0.3, 0.4) is 0 Å². The van der Waals surface area contributed by atoms with Crippen LogP contribution in [0.15, 0.2) is 41.5 Å². The van der Waals surface area contributed by atoms with Gasteiger partial charge in [-0.1, -0.05) is 0 Å². The van der Waals surface area contributed by atoms with Crippen molar-refractivity contribution < 1.29 is 5.11 Å². The monoisotopic (exact) mass is 389 g/mol. The Morgan fingerprint density at radius 3 is 2.76 bits per heavy atom. The molecule has 7 heteroatoms. The van der Waals surface area contributed by atoms with Gasteiger partial charge in [-0.15, -0.1) is 0 Å². The fourth-order valence-electron chi connectivity index (χ4n) is 4.28. The molecular formula is C22H23N5O2. The van der Waals surface area contributed by atoms with Gasteiger partial charge >= 0.3 is 0 Å². The second-order valence-corrected chi connectivity index (χ2v) is 7.83. The quantitative estimate of drug-likeness (QED) is 0.551. The smallest absolute Gasteiger partial charge is 0.262 e. The molecule has 1 aromatic carbocycles. The average Bonchev–Trinajstić information content (AvgIpc) is 3.09. The molecule has 4 aromatic rings. The molecule has 2 N–H and O–H groups in total. The maximum atomic E-state index is 13.1. The third-order valence-corrected chi connectivity index (χ3v) is 5.74. The van der Waals surface area contributed by atoms with Gasteiger partial charge in [0.25, 0.3) is 5.56 Å². The number of aromatic hydroxyl groups is 1. The number of piperidine rings is 1. The van der Waals surface area contributed by atoms with E-state index in [4.69, 9.17) is 0 Å². The SMILES string of the molecule is Cc1cn2nc(-c3cc(O)c4c(=O)n(C5CCNCC5)ccc4c3)cc(C)c2n1. The van der Waals surface area contributed by atoms with E-state index in [1.165, 1.54) is 0 Å². The van der Waals surface area contributed by atoms with Gasteiger partial charge in [-0.25, -0.2) is 9.50 Å². The molecule has 0 atom stereocenters. The Labute approximate surface area is 167 Å². The summed E-state index contributed by atoms with van der Waals surface area (Å²) in [5, 5.41) is 19.8. The first-order chi connectivity index (χ1) is 14.0. The topological polar surface area (TPSA) is 84.5 Å². The number of phenols is 1. The number of hydrogen-bond acceptors (Lipinski definition) is 5. The molecule has 7 nitrogen and oxygen atoms in total. The highest BCUT2D eigenvalue weighted by Crippen LogP contribution is 2.30. The summed E-state index contributed by atoms with van der Waals surface area (Å²) in [6.45, 7) is 5.73. The molecule has 0 unspecified atom stereocenters. The molecule has 0 aliphatic carbocycles. The third-order valence-electron chi connectivity index (χ3n) is 5.74. The zero-order valence-corrected chi connectivity index (χ0v) is 16.5. The number of aromatic nitrogens is 4. The first-order valence-corrected chi connectivity index (χ1v) is 9.94. The molecule has 29 heavy (non-hydrogen) atoms. The fraction of sp³-hybridized carbons (Fsp3) is 0.318. The van der Waals surface area contributed by atoms with E-state index >= 15 is 0 Å². The third kappa shape index (κ3) is 2.98. The van der Waals surface area contributed by atoms with E-state index in [0.717, 1.165) is 59.5 Å². The van der Waals surface area contributed by atoms with Crippen LogP contribution in [0.5, 0.6) is 5.75 Å². The van der Waals surface area contributed by atoms with E-state index in [1.807, 2.05) is 44.4 Å². The van der Waals surface area contributed by atoms with Gasteiger partial charge < -0.3 is 15.0 Å². The van der Waals surface area contributed by atoms with Crippen molar-refractivity contribution in [3.8, 4) is 17.0 Å². The summed E-state index contributed by atoms with van der Waals surface area (Å²) in [5.41, 5.74) is 4.09. The highest BCUT2D eigenvalue weighted by atomic mass is 16.3. The van der Waals surface area contributed by atoms with Crippen LogP contribution in [0.25, 0.3) is 27.7 Å². The van der Waals surface area contributed by atoms with Crippen molar-refractivity contribution in [2.24, 2.45) is 0 Å². The van der Waals surface area contributed by atoms with Crippen LogP contribution < -0.4 is 10.9 Å². The van der Waals surface area contributed by atoms with E-state index in [-0.39, 0.29) is 17.4 Å². The van der Waals surface area contributed by atoms with Gasteiger partial charge in [-0.05, 0) is 75.0 Å². The van der Waals surface area contributed by atoms with Gasteiger partial charge in [0, 0.05) is 17.8 Å². The molecule has 148 valence electrons. The zero-order valence-electron chi connectivity index (χ0n) is 16.5. The number of phenolic OH excluding ortho intramolecular Hbond substituents is 1. The molecule has 5 rings (SSSR count). The second-order valence-electron chi connectivity index (χ2n) is 7.83. The predicted molar refractivity (Wildman–Crippen MR) is 112 cm³/mol. The summed E-state index contributed by atoms with van der Waals surface area (Å²) in [6, 6.07) is 7.59. The highest BCUT2D eigenvalue weighted by Gasteiger charge is 2.19. The Hall–Kier alpha value is -3.19. The zero-order chi connectivity index (χ0) is 20.1. The highest BCUT2D eigenvalue weighted by molar-refractivity contribution is 5.91. The van der Waals surface area contributed by atoms with E-state index in [1.54, 1.807) is 15.1 Å². The van der Waals surface area contributed by atoms with Gasteiger partial charge in [0.05, 0.1) is 23.0 Å². The van der Waals surface area contributed by atoms with Crippen LogP contribution in [-0.2, 0) is 0 Å². The van der Waals surface area contributed by atoms with Crippen LogP contribution in [0.1, 0.15) is 30.1 Å². The van der Waals surface area contributed by atoms with Gasteiger partial charge in [0.15, 0.2) is 5.65 Å². The molecule has 0 amide bonds. The molecule has 1 saturated heterocycles. The van der Waals surface area contributed by atoms with Crippen LogP contribution >= 0.6 is 0 Å². The van der Waals surface area contributed by atoms with Crippen molar-refractivity contribution in [3.63, 3.8) is 0 Å². The maximum Gasteiger partial charge on any atom is 0.262 e. The molecule has 3 aromatic heterocycles. The minimum Gasteiger partial charge on any atom is -0.507 e. The van der Waals surface area contributed by atoms with Crippen LogP contribution in [-0.4, -0.2) is 37.4 Å². The standard InChI is InChI=1S/C22H23N5O2/c1-13-9-18(25-27-12-14(2)24-21(13)27)16-10-15-5-8-26(17-3-6-23-7-4-17)22(29)20(15)19(28)11-16/h5,8-12,17,23,28H,3-4,6-7H2,1-2H3. The average molecular weight is 389 g/mol. The number of nitrogens with zero attached hydrogens (tertiary/aromatic N) is 4. The Morgan fingerprint density at radius 2 is 1.97 bits per heavy atom. The molecular weight excluding hydrogens is 366 g/mol. The maximum absolute atomic E-state index is 13.1. The normalized spacial score (nSPS) is 15.4. The van der Waals surface area contributed by atoms with Crippen molar-refractivity contribution in [2.75, 3.05) is 13.1 Å². The van der Waals surface area contributed by atoms with Crippen molar-refractivity contribution in [1.82, 2.24) is 24.5 Å². The summed E-state index contributed by atoms with van der Waals surface area (Å²) < 4.78 is 3.53. The number of imidazole rings is 1. The van der Waals surface area contributed by atoms with Gasteiger partial charge in [0.2, 0.25) is 0 Å². The molecule has 1 fully saturated rings. The Kier molecular flexibility index (Phi) is 4.13. The Morgan fingerprint density at radius 1 is 1.17 bits per heavy atom. The lowest BCUT2D eigenvalue weighted by Gasteiger charge is -2.25. The van der Waals surface area contributed by atoms with Crippen molar-refractivity contribution in [3.05, 3.63) is 58.3 Å². The van der Waals surface area contributed by atoms with Gasteiger partial charge in [-0.2, -0.15) is 5.10 Å². The first kappa shape index (κ1) is 17.9. The van der Waals surface area contributed by atoms with Crippen LogP contribution in [0, 0.1) is 13.8 Å². The molecule has 1 aliphatic heterocycles. The number of hydrogen-bond donors (Lipinski definition) is 2. The summed E-state index contributed by atoms with van der Waals surface area (Å²) in [5.74, 6) is -0.00727. The van der Waals surface area contributed by atoms with E-state index in [2.05, 4.69) is 15.4 Å². The predicted octanol–water partition coefficient (Wildman–Crippen LogP) is 2.96. The number of fused-ring (bicyclic) bond motifs is 2. The number of aryl methyl sites for hydroxylation is 2. The molecule has 4 heterocycles. The summed E-state index contributed by atoms with van der Waals surface area (Å²) in [4.78, 5) is 17.6. The second kappa shape index (κ2) is 6.70. The number of rotatable bonds is 2. The lowest BCUT2D eigenvalue weighted by Crippen LogP contribution is -2.34. The number of pyridine rings is 1. The Bertz CT molecular complexity index is 1300. The van der Waals surface area contributed by atoms with Crippen LogP contribution in [0.2, 0.25) is 0 Å². The van der Waals surface area contributed by atoms with E-state index < -0.39 is 0 Å². The molecule has 1 aliphatic rings. The van der Waals surface area contributed by atoms with Crippen LogP contribution in [0.4, 0.5) is 0 Å². The molecule has 0 radical (unpaired) electrons. The minimum atomic E-state index is -0.136. The lowest BCUT2D eigenvalue weighted by molar-refractivity contribution is 0.361.